The number of aromatic nitrogens is 1. The summed E-state index contributed by atoms with van der Waals surface area (Å²) >= 11 is 11.7. The largest absolute Gasteiger partial charge is 0.441 e. The molecule has 0 saturated carbocycles. The van der Waals surface area contributed by atoms with Gasteiger partial charge in [0.1, 0.15) is 11.3 Å². The van der Waals surface area contributed by atoms with Crippen LogP contribution >= 0.6 is 23.2 Å². The summed E-state index contributed by atoms with van der Waals surface area (Å²) in [5, 5.41) is 0.682. The van der Waals surface area contributed by atoms with Gasteiger partial charge in [-0.15, -0.1) is 0 Å². The fourth-order valence-corrected chi connectivity index (χ4v) is 2.17. The Bertz CT molecular complexity index is 842. The van der Waals surface area contributed by atoms with Crippen LogP contribution in [-0.2, 0) is 0 Å². The summed E-state index contributed by atoms with van der Waals surface area (Å²) in [6, 6.07) is 9.54. The Kier molecular flexibility index (Phi) is 3.57. The fourth-order valence-electron chi connectivity index (χ4n) is 1.87. The normalized spacial score (nSPS) is 10.8. The second kappa shape index (κ2) is 5.39. The van der Waals surface area contributed by atoms with Gasteiger partial charge >= 0.3 is 5.97 Å². The minimum Gasteiger partial charge on any atom is -0.441 e. The molecule has 21 heavy (non-hydrogen) atoms. The summed E-state index contributed by atoms with van der Waals surface area (Å²) in [6.45, 7) is 1.75. The van der Waals surface area contributed by atoms with Crippen molar-refractivity contribution in [2.75, 3.05) is 0 Å². The predicted molar refractivity (Wildman–Crippen MR) is 80.2 cm³/mol. The number of aryl methyl sites for hydroxylation is 1. The maximum absolute atomic E-state index is 12.1. The molecule has 3 aromatic rings. The zero-order valence-electron chi connectivity index (χ0n) is 10.9. The van der Waals surface area contributed by atoms with Crippen molar-refractivity contribution in [2.24, 2.45) is 0 Å². The van der Waals surface area contributed by atoms with Gasteiger partial charge in [-0.25, -0.2) is 9.78 Å². The van der Waals surface area contributed by atoms with E-state index >= 15 is 0 Å². The Morgan fingerprint density at radius 2 is 1.95 bits per heavy atom. The van der Waals surface area contributed by atoms with Crippen LogP contribution in [0.4, 0.5) is 0 Å². The average Bonchev–Trinajstić information content (AvgIpc) is 2.81. The maximum atomic E-state index is 12.1. The van der Waals surface area contributed by atoms with E-state index in [2.05, 4.69) is 4.98 Å². The van der Waals surface area contributed by atoms with Gasteiger partial charge in [-0.1, -0.05) is 23.2 Å². The van der Waals surface area contributed by atoms with Gasteiger partial charge in [0.2, 0.25) is 0 Å². The van der Waals surface area contributed by atoms with Crippen molar-refractivity contribution in [1.29, 1.82) is 0 Å². The van der Waals surface area contributed by atoms with Crippen molar-refractivity contribution in [3.8, 4) is 5.75 Å². The molecule has 0 aliphatic carbocycles. The van der Waals surface area contributed by atoms with Crippen molar-refractivity contribution in [1.82, 2.24) is 4.98 Å². The maximum Gasteiger partial charge on any atom is 0.343 e. The third-order valence-electron chi connectivity index (χ3n) is 2.83. The van der Waals surface area contributed by atoms with E-state index in [-0.39, 0.29) is 0 Å². The standard InChI is InChI=1S/C15H9Cl2NO3/c1-8-18-13-7-10(3-5-14(13)20-8)21-15(19)9-2-4-11(16)12(17)6-9/h2-7H,1H3. The Hall–Kier alpha value is -2.04. The zero-order valence-corrected chi connectivity index (χ0v) is 12.4. The molecule has 0 aliphatic heterocycles. The van der Waals surface area contributed by atoms with Crippen LogP contribution in [-0.4, -0.2) is 11.0 Å². The number of esters is 1. The van der Waals surface area contributed by atoms with Gasteiger partial charge in [0.25, 0.3) is 0 Å². The monoisotopic (exact) mass is 321 g/mol. The highest BCUT2D eigenvalue weighted by atomic mass is 35.5. The van der Waals surface area contributed by atoms with Gasteiger partial charge in [0, 0.05) is 13.0 Å². The molecule has 0 unspecified atom stereocenters. The molecule has 4 nitrogen and oxygen atoms in total. The number of hydrogen-bond acceptors (Lipinski definition) is 4. The number of oxazole rings is 1. The van der Waals surface area contributed by atoms with Crippen LogP contribution in [0.5, 0.6) is 5.75 Å². The Morgan fingerprint density at radius 3 is 2.71 bits per heavy atom. The second-order valence-electron chi connectivity index (χ2n) is 4.38. The third kappa shape index (κ3) is 2.86. The quantitative estimate of drug-likeness (QED) is 0.508. The Labute approximate surface area is 130 Å². The number of rotatable bonds is 2. The number of carbonyl (C=O) groups is 1. The minimum absolute atomic E-state index is 0.300. The van der Waals surface area contributed by atoms with E-state index in [1.54, 1.807) is 37.3 Å². The van der Waals surface area contributed by atoms with Gasteiger partial charge < -0.3 is 9.15 Å². The van der Waals surface area contributed by atoms with E-state index in [0.717, 1.165) is 0 Å². The molecule has 0 saturated heterocycles. The number of hydrogen-bond donors (Lipinski definition) is 0. The van der Waals surface area contributed by atoms with Crippen LogP contribution in [0.2, 0.25) is 10.0 Å². The Morgan fingerprint density at radius 1 is 1.14 bits per heavy atom. The SMILES string of the molecule is Cc1nc2cc(OC(=O)c3ccc(Cl)c(Cl)c3)ccc2o1. The van der Waals surface area contributed by atoms with Crippen molar-refractivity contribution in [3.63, 3.8) is 0 Å². The van der Waals surface area contributed by atoms with Crippen LogP contribution in [0.3, 0.4) is 0 Å². The molecule has 3 rings (SSSR count). The average molecular weight is 322 g/mol. The predicted octanol–water partition coefficient (Wildman–Crippen LogP) is 4.66. The van der Waals surface area contributed by atoms with Crippen molar-refractivity contribution in [3.05, 3.63) is 57.9 Å². The summed E-state index contributed by atoms with van der Waals surface area (Å²) < 4.78 is 10.6. The van der Waals surface area contributed by atoms with Crippen LogP contribution in [0.25, 0.3) is 11.1 Å². The van der Waals surface area contributed by atoms with Gasteiger partial charge in [-0.2, -0.15) is 0 Å². The lowest BCUT2D eigenvalue weighted by Crippen LogP contribution is -2.08. The van der Waals surface area contributed by atoms with E-state index in [0.29, 0.717) is 38.3 Å². The second-order valence-corrected chi connectivity index (χ2v) is 5.20. The van der Waals surface area contributed by atoms with Gasteiger partial charge in [0.15, 0.2) is 11.5 Å². The first-order valence-electron chi connectivity index (χ1n) is 6.07. The molecule has 0 bridgehead atoms. The van der Waals surface area contributed by atoms with Gasteiger partial charge in [-0.3, -0.25) is 0 Å². The highest BCUT2D eigenvalue weighted by Gasteiger charge is 2.12. The summed E-state index contributed by atoms with van der Waals surface area (Å²) in [4.78, 5) is 16.2. The molecule has 0 aliphatic rings. The highest BCUT2D eigenvalue weighted by molar-refractivity contribution is 6.42. The van der Waals surface area contributed by atoms with E-state index in [1.165, 1.54) is 6.07 Å². The third-order valence-corrected chi connectivity index (χ3v) is 3.57. The molecule has 0 radical (unpaired) electrons. The van der Waals surface area contributed by atoms with Crippen LogP contribution in [0.1, 0.15) is 16.2 Å². The van der Waals surface area contributed by atoms with Crippen molar-refractivity contribution in [2.45, 2.75) is 6.92 Å². The number of nitrogens with zero attached hydrogens (tertiary/aromatic N) is 1. The fraction of sp³-hybridized carbons (Fsp3) is 0.0667. The van der Waals surface area contributed by atoms with Crippen molar-refractivity contribution < 1.29 is 13.9 Å². The molecule has 6 heteroatoms. The van der Waals surface area contributed by atoms with Gasteiger partial charge in [0.05, 0.1) is 15.6 Å². The molecule has 1 aromatic heterocycles. The molecule has 2 aromatic carbocycles. The molecule has 1 heterocycles. The summed E-state index contributed by atoms with van der Waals surface area (Å²) in [6.07, 6.45) is 0. The lowest BCUT2D eigenvalue weighted by molar-refractivity contribution is 0.0735. The molecular formula is C15H9Cl2NO3. The smallest absolute Gasteiger partial charge is 0.343 e. The topological polar surface area (TPSA) is 52.3 Å². The first-order valence-corrected chi connectivity index (χ1v) is 6.83. The lowest BCUT2D eigenvalue weighted by Gasteiger charge is -2.05. The van der Waals surface area contributed by atoms with Crippen molar-refractivity contribution >= 4 is 40.3 Å². The van der Waals surface area contributed by atoms with E-state index < -0.39 is 5.97 Å². The molecule has 106 valence electrons. The molecular weight excluding hydrogens is 313 g/mol. The first-order chi connectivity index (χ1) is 10.0. The zero-order chi connectivity index (χ0) is 15.0. The number of halogens is 2. The van der Waals surface area contributed by atoms with Crippen LogP contribution in [0, 0.1) is 6.92 Å². The molecule has 0 amide bonds. The van der Waals surface area contributed by atoms with E-state index in [9.17, 15) is 4.79 Å². The Balaban J connectivity index is 1.86. The summed E-state index contributed by atoms with van der Waals surface area (Å²) in [5.41, 5.74) is 1.59. The summed E-state index contributed by atoms with van der Waals surface area (Å²) in [7, 11) is 0. The highest BCUT2D eigenvalue weighted by Crippen LogP contribution is 2.25. The van der Waals surface area contributed by atoms with E-state index in [4.69, 9.17) is 32.4 Å². The first kappa shape index (κ1) is 13.9. The van der Waals surface area contributed by atoms with E-state index in [1.807, 2.05) is 0 Å². The number of ether oxygens (including phenoxy) is 1. The minimum atomic E-state index is -0.520. The van der Waals surface area contributed by atoms with Crippen LogP contribution in [0.15, 0.2) is 40.8 Å². The lowest BCUT2D eigenvalue weighted by atomic mass is 10.2. The summed E-state index contributed by atoms with van der Waals surface area (Å²) in [5.74, 6) is 0.415. The molecule has 0 fully saturated rings. The molecule has 0 N–H and O–H groups in total. The van der Waals surface area contributed by atoms with Crippen LogP contribution < -0.4 is 4.74 Å². The molecule has 0 spiro atoms. The number of carbonyl (C=O) groups excluding carboxylic acids is 1. The van der Waals surface area contributed by atoms with Gasteiger partial charge in [-0.05, 0) is 30.3 Å². The number of fused-ring (bicyclic) bond motifs is 1. The molecule has 0 atom stereocenters. The number of benzene rings is 2.